The molecule has 0 fully saturated rings. The molecule has 0 aliphatic carbocycles. The van der Waals surface area contributed by atoms with Crippen molar-refractivity contribution in [1.82, 2.24) is 0 Å². The van der Waals surface area contributed by atoms with Crippen LogP contribution in [0.2, 0.25) is 0 Å². The summed E-state index contributed by atoms with van der Waals surface area (Å²) in [4.78, 5) is 18.1. The third-order valence-corrected chi connectivity index (χ3v) is 1.46. The van der Waals surface area contributed by atoms with Gasteiger partial charge in [0.05, 0.1) is 6.61 Å². The van der Waals surface area contributed by atoms with E-state index in [-0.39, 0.29) is 6.61 Å². The normalized spacial score (nSPS) is 12.5. The topological polar surface area (TPSA) is 66.4 Å². The lowest BCUT2D eigenvalue weighted by Crippen LogP contribution is -1.96. The Morgan fingerprint density at radius 1 is 1.60 bits per heavy atom. The van der Waals surface area contributed by atoms with Crippen molar-refractivity contribution in [2.24, 2.45) is 5.92 Å². The van der Waals surface area contributed by atoms with Crippen molar-refractivity contribution in [3.05, 3.63) is 0 Å². The Bertz CT molecular complexity index is 128. The largest absolute Gasteiger partial charge is 0.499 e. The quantitative estimate of drug-likeness (QED) is 0.646. The summed E-state index contributed by atoms with van der Waals surface area (Å²) in [5.74, 6) is 0.381. The summed E-state index contributed by atoms with van der Waals surface area (Å²) in [6, 6.07) is 0. The first kappa shape index (κ1) is 10.1. The van der Waals surface area contributed by atoms with Gasteiger partial charge in [0.15, 0.2) is 0 Å². The lowest BCUT2D eigenvalue weighted by Gasteiger charge is -2.04. The Kier molecular flexibility index (Phi) is 4.13. The van der Waals surface area contributed by atoms with Gasteiger partial charge in [0.1, 0.15) is 0 Å². The van der Waals surface area contributed by atoms with E-state index in [1.807, 2.05) is 13.8 Å². The second-order valence-corrected chi connectivity index (χ2v) is 3.68. The summed E-state index contributed by atoms with van der Waals surface area (Å²) in [6.45, 7) is 3.95. The lowest BCUT2D eigenvalue weighted by molar-refractivity contribution is 0.164. The lowest BCUT2D eigenvalue weighted by atomic mass is 10.2. The molecule has 0 aliphatic heterocycles. The Morgan fingerprint density at radius 3 is 2.40 bits per heavy atom. The highest BCUT2D eigenvalue weighted by Gasteiger charge is 2.15. The Labute approximate surface area is 60.5 Å². The predicted molar refractivity (Wildman–Crippen MR) is 35.9 cm³/mol. The first-order valence-corrected chi connectivity index (χ1v) is 4.59. The van der Waals surface area contributed by atoms with Gasteiger partial charge in [0.2, 0.25) is 0 Å². The molecule has 0 amide bonds. The van der Waals surface area contributed by atoms with E-state index >= 15 is 0 Å². The SMILES string of the molecule is CC(C)CCOP([O])(=O)O. The minimum absolute atomic E-state index is 0.0644. The molecule has 1 unspecified atom stereocenters. The second kappa shape index (κ2) is 4.09. The summed E-state index contributed by atoms with van der Waals surface area (Å²) in [5.41, 5.74) is 0. The van der Waals surface area contributed by atoms with Crippen LogP contribution in [-0.4, -0.2) is 11.5 Å². The van der Waals surface area contributed by atoms with Gasteiger partial charge in [-0.1, -0.05) is 13.8 Å². The standard InChI is InChI=1S/C5H12O4P/c1-5(2)3-4-9-10(6,7)8/h5H,3-4H2,1-2H3,(H,6,7). The van der Waals surface area contributed by atoms with E-state index in [0.29, 0.717) is 12.3 Å². The molecule has 61 valence electrons. The van der Waals surface area contributed by atoms with Crippen LogP contribution in [-0.2, 0) is 14.0 Å². The van der Waals surface area contributed by atoms with Crippen molar-refractivity contribution in [2.75, 3.05) is 6.61 Å². The fraction of sp³-hybridized carbons (Fsp3) is 1.00. The van der Waals surface area contributed by atoms with Crippen LogP contribution < -0.4 is 0 Å². The molecule has 0 heterocycles. The van der Waals surface area contributed by atoms with E-state index in [9.17, 15) is 9.46 Å². The Hall–Kier alpha value is 0.110. The fourth-order valence-electron chi connectivity index (χ4n) is 0.404. The summed E-state index contributed by atoms with van der Waals surface area (Å²) in [5, 5.41) is 0. The van der Waals surface area contributed by atoms with Crippen LogP contribution in [0.25, 0.3) is 0 Å². The zero-order chi connectivity index (χ0) is 8.20. The van der Waals surface area contributed by atoms with Crippen LogP contribution in [0.4, 0.5) is 0 Å². The molecule has 1 N–H and O–H groups in total. The van der Waals surface area contributed by atoms with Gasteiger partial charge in [-0.3, -0.25) is 4.52 Å². The summed E-state index contributed by atoms with van der Waals surface area (Å²) in [7, 11) is -4.47. The molecule has 0 spiro atoms. The summed E-state index contributed by atoms with van der Waals surface area (Å²) in [6.07, 6.45) is 0.632. The van der Waals surface area contributed by atoms with Gasteiger partial charge in [0.25, 0.3) is 0 Å². The minimum atomic E-state index is -4.47. The molecule has 1 radical (unpaired) electrons. The van der Waals surface area contributed by atoms with E-state index in [0.717, 1.165) is 0 Å². The molecule has 0 bridgehead atoms. The van der Waals surface area contributed by atoms with Gasteiger partial charge >= 0.3 is 7.82 Å². The molecule has 0 saturated carbocycles. The Balaban J connectivity index is 3.30. The monoisotopic (exact) mass is 167 g/mol. The predicted octanol–water partition coefficient (Wildman–Crippen LogP) is 1.58. The highest BCUT2D eigenvalue weighted by Crippen LogP contribution is 2.37. The molecule has 10 heavy (non-hydrogen) atoms. The molecule has 0 aromatic heterocycles. The van der Waals surface area contributed by atoms with Gasteiger partial charge in [-0.15, -0.1) is 4.89 Å². The first-order chi connectivity index (χ1) is 4.42. The third-order valence-electron chi connectivity index (χ3n) is 0.950. The molecule has 0 saturated heterocycles. The highest BCUT2D eigenvalue weighted by atomic mass is 31.2. The van der Waals surface area contributed by atoms with Gasteiger partial charge in [-0.05, 0) is 12.3 Å². The molecular weight excluding hydrogens is 155 g/mol. The highest BCUT2D eigenvalue weighted by molar-refractivity contribution is 7.46. The molecule has 5 heteroatoms. The van der Waals surface area contributed by atoms with E-state index in [1.54, 1.807) is 0 Å². The van der Waals surface area contributed by atoms with Gasteiger partial charge in [0, 0.05) is 0 Å². The zero-order valence-corrected chi connectivity index (χ0v) is 7.01. The van der Waals surface area contributed by atoms with Crippen LogP contribution >= 0.6 is 7.82 Å². The maximum absolute atomic E-state index is 9.97. The van der Waals surface area contributed by atoms with Crippen molar-refractivity contribution in [2.45, 2.75) is 20.3 Å². The minimum Gasteiger partial charge on any atom is -0.301 e. The van der Waals surface area contributed by atoms with Crippen molar-refractivity contribution in [1.29, 1.82) is 0 Å². The second-order valence-electron chi connectivity index (χ2n) is 2.48. The van der Waals surface area contributed by atoms with E-state index in [4.69, 9.17) is 4.89 Å². The van der Waals surface area contributed by atoms with Crippen LogP contribution in [0.1, 0.15) is 20.3 Å². The van der Waals surface area contributed by atoms with E-state index in [2.05, 4.69) is 4.52 Å². The summed E-state index contributed by atoms with van der Waals surface area (Å²) < 4.78 is 14.1. The molecule has 1 atom stereocenters. The van der Waals surface area contributed by atoms with Crippen LogP contribution in [0.5, 0.6) is 0 Å². The van der Waals surface area contributed by atoms with Crippen molar-refractivity contribution >= 4 is 7.82 Å². The number of hydrogen-bond donors (Lipinski definition) is 1. The van der Waals surface area contributed by atoms with Crippen molar-refractivity contribution in [3.63, 3.8) is 0 Å². The van der Waals surface area contributed by atoms with Crippen LogP contribution in [0.15, 0.2) is 0 Å². The molecule has 0 rings (SSSR count). The van der Waals surface area contributed by atoms with Crippen molar-refractivity contribution < 1.29 is 18.9 Å². The van der Waals surface area contributed by atoms with Crippen molar-refractivity contribution in [3.8, 4) is 0 Å². The van der Waals surface area contributed by atoms with Crippen LogP contribution in [0, 0.1) is 5.92 Å². The van der Waals surface area contributed by atoms with E-state index in [1.165, 1.54) is 0 Å². The average Bonchev–Trinajstić information content (AvgIpc) is 1.59. The molecule has 0 aliphatic rings. The molecule has 0 aromatic carbocycles. The maximum Gasteiger partial charge on any atom is 0.499 e. The van der Waals surface area contributed by atoms with Gasteiger partial charge in [-0.25, -0.2) is 4.57 Å². The third kappa shape index (κ3) is 8.11. The van der Waals surface area contributed by atoms with Gasteiger partial charge < -0.3 is 4.89 Å². The number of rotatable bonds is 4. The fourth-order valence-corrected chi connectivity index (χ4v) is 0.740. The average molecular weight is 167 g/mol. The zero-order valence-electron chi connectivity index (χ0n) is 6.11. The Morgan fingerprint density at radius 2 is 2.10 bits per heavy atom. The van der Waals surface area contributed by atoms with E-state index < -0.39 is 7.82 Å². The van der Waals surface area contributed by atoms with Crippen LogP contribution in [0.3, 0.4) is 0 Å². The first-order valence-electron chi connectivity index (χ1n) is 3.10. The summed E-state index contributed by atoms with van der Waals surface area (Å²) >= 11 is 0. The maximum atomic E-state index is 9.97. The smallest absolute Gasteiger partial charge is 0.301 e. The molecule has 0 aromatic rings. The number of hydrogen-bond acceptors (Lipinski definition) is 2. The molecule has 4 nitrogen and oxygen atoms in total. The van der Waals surface area contributed by atoms with Gasteiger partial charge in [-0.2, -0.15) is 0 Å². The molecular formula is C5H12O4P.